The van der Waals surface area contributed by atoms with Crippen LogP contribution < -0.4 is 0 Å². The Bertz CT molecular complexity index is 852. The van der Waals surface area contributed by atoms with E-state index in [0.717, 1.165) is 25.7 Å². The zero-order chi connectivity index (χ0) is 26.6. The number of ether oxygens (including phenoxy) is 2. The van der Waals surface area contributed by atoms with Gasteiger partial charge in [-0.1, -0.05) is 41.4 Å². The summed E-state index contributed by atoms with van der Waals surface area (Å²) in [5.74, 6) is -2.65. The summed E-state index contributed by atoms with van der Waals surface area (Å²) in [6, 6.07) is -1.61. The van der Waals surface area contributed by atoms with Crippen LogP contribution in [0.25, 0.3) is 0 Å². The molecule has 1 N–H and O–H groups in total. The van der Waals surface area contributed by atoms with Gasteiger partial charge in [-0.3, -0.25) is 14.4 Å². The molecule has 3 saturated heterocycles. The predicted molar refractivity (Wildman–Crippen MR) is 140 cm³/mol. The summed E-state index contributed by atoms with van der Waals surface area (Å²) in [6.07, 6.45) is 7.50. The van der Waals surface area contributed by atoms with Crippen LogP contribution in [-0.4, -0.2) is 87.1 Å². The number of rotatable bonds is 14. The second kappa shape index (κ2) is 12.2. The van der Waals surface area contributed by atoms with Gasteiger partial charge in [0, 0.05) is 17.4 Å². The number of fused-ring (bicyclic) bond motifs is 1. The Labute approximate surface area is 223 Å². The first-order chi connectivity index (χ1) is 17.2. The second-order valence-electron chi connectivity index (χ2n) is 10.3. The maximum atomic E-state index is 14.2. The van der Waals surface area contributed by atoms with Crippen molar-refractivity contribution in [3.05, 3.63) is 25.3 Å². The average molecular weight is 570 g/mol. The standard InChI is InChI=1S/C27H41BrN2O6/c1-6-9-10-11-14-35-26(34)20-21-24(32)30(18(5)16-31)23(27(21)15-19(28)22(20)36-27)25(33)29(13-8-3)17(4)12-7-2/h6,8,17-23,31H,1,3,7,9-16H2,2,4-5H3/t17?,18-,19?,20-,21+,22-,23?,27?/m1/s1. The van der Waals surface area contributed by atoms with Crippen molar-refractivity contribution in [3.8, 4) is 0 Å². The minimum absolute atomic E-state index is 0.0629. The highest BCUT2D eigenvalue weighted by Crippen LogP contribution is 2.60. The lowest BCUT2D eigenvalue weighted by Crippen LogP contribution is -2.59. The Kier molecular flexibility index (Phi) is 9.80. The number of aliphatic hydroxyl groups excluding tert-OH is 1. The van der Waals surface area contributed by atoms with Gasteiger partial charge >= 0.3 is 5.97 Å². The van der Waals surface area contributed by atoms with Gasteiger partial charge in [-0.25, -0.2) is 0 Å². The number of aliphatic hydroxyl groups is 1. The number of hydrogen-bond acceptors (Lipinski definition) is 6. The van der Waals surface area contributed by atoms with E-state index in [1.165, 1.54) is 4.90 Å². The number of unbranched alkanes of at least 4 members (excludes halogenated alkanes) is 2. The number of nitrogens with zero attached hydrogens (tertiary/aromatic N) is 2. The molecule has 8 atom stereocenters. The van der Waals surface area contributed by atoms with Crippen molar-refractivity contribution in [3.63, 3.8) is 0 Å². The molecule has 1 spiro atoms. The molecule has 0 aromatic heterocycles. The van der Waals surface area contributed by atoms with E-state index in [2.05, 4.69) is 36.0 Å². The van der Waals surface area contributed by atoms with Crippen molar-refractivity contribution in [1.29, 1.82) is 0 Å². The topological polar surface area (TPSA) is 96.4 Å². The Hall–Kier alpha value is -1.71. The molecule has 0 radical (unpaired) electrons. The number of esters is 1. The number of likely N-dealkylation sites (tertiary alicyclic amines) is 1. The largest absolute Gasteiger partial charge is 0.465 e. The fourth-order valence-corrected chi connectivity index (χ4v) is 7.14. The van der Waals surface area contributed by atoms with E-state index < -0.39 is 41.6 Å². The maximum absolute atomic E-state index is 14.2. The van der Waals surface area contributed by atoms with E-state index in [1.54, 1.807) is 17.9 Å². The molecule has 0 aromatic rings. The van der Waals surface area contributed by atoms with Crippen LogP contribution in [0.4, 0.5) is 0 Å². The average Bonchev–Trinajstić information content (AvgIpc) is 3.44. The van der Waals surface area contributed by atoms with Crippen LogP contribution in [0.1, 0.15) is 59.3 Å². The van der Waals surface area contributed by atoms with Crippen LogP contribution in [-0.2, 0) is 23.9 Å². The molecule has 0 aliphatic carbocycles. The predicted octanol–water partition coefficient (Wildman–Crippen LogP) is 3.22. The molecular formula is C27H41BrN2O6. The molecule has 202 valence electrons. The normalized spacial score (nSPS) is 32.2. The molecule has 3 heterocycles. The number of hydrogen-bond donors (Lipinski definition) is 1. The minimum atomic E-state index is -1.16. The monoisotopic (exact) mass is 568 g/mol. The van der Waals surface area contributed by atoms with Crippen LogP contribution in [0.15, 0.2) is 25.3 Å². The lowest BCUT2D eigenvalue weighted by atomic mass is 9.70. The number of alkyl halides is 1. The quantitative estimate of drug-likeness (QED) is 0.149. The third-order valence-corrected chi connectivity index (χ3v) is 8.71. The van der Waals surface area contributed by atoms with Crippen molar-refractivity contribution >= 4 is 33.7 Å². The van der Waals surface area contributed by atoms with Gasteiger partial charge in [0.05, 0.1) is 37.2 Å². The van der Waals surface area contributed by atoms with Crippen molar-refractivity contribution in [1.82, 2.24) is 9.80 Å². The molecule has 0 saturated carbocycles. The summed E-state index contributed by atoms with van der Waals surface area (Å²) in [4.78, 5) is 44.4. The Morgan fingerprint density at radius 1 is 1.33 bits per heavy atom. The Balaban J connectivity index is 1.96. The van der Waals surface area contributed by atoms with Crippen LogP contribution in [0.2, 0.25) is 0 Å². The van der Waals surface area contributed by atoms with E-state index in [4.69, 9.17) is 9.47 Å². The zero-order valence-corrected chi connectivity index (χ0v) is 23.3. The molecule has 3 aliphatic heterocycles. The fourth-order valence-electron chi connectivity index (χ4n) is 6.19. The van der Waals surface area contributed by atoms with E-state index in [9.17, 15) is 19.5 Å². The molecule has 8 nitrogen and oxygen atoms in total. The first-order valence-electron chi connectivity index (χ1n) is 13.1. The number of carbonyl (C=O) groups is 3. The first kappa shape index (κ1) is 28.9. The number of carbonyl (C=O) groups excluding carboxylic acids is 3. The third kappa shape index (κ3) is 5.03. The van der Waals surface area contributed by atoms with Gasteiger partial charge in [0.2, 0.25) is 11.8 Å². The van der Waals surface area contributed by atoms with Gasteiger partial charge in [0.15, 0.2) is 0 Å². The molecule has 3 fully saturated rings. The van der Waals surface area contributed by atoms with Crippen molar-refractivity contribution in [2.75, 3.05) is 19.8 Å². The van der Waals surface area contributed by atoms with E-state index >= 15 is 0 Å². The van der Waals surface area contributed by atoms with E-state index in [1.807, 2.05) is 13.0 Å². The molecule has 4 unspecified atom stereocenters. The van der Waals surface area contributed by atoms with Gasteiger partial charge in [0.25, 0.3) is 0 Å². The van der Waals surface area contributed by atoms with Crippen molar-refractivity contribution in [2.24, 2.45) is 11.8 Å². The number of allylic oxidation sites excluding steroid dienone is 1. The van der Waals surface area contributed by atoms with Crippen LogP contribution in [0, 0.1) is 11.8 Å². The van der Waals surface area contributed by atoms with Crippen LogP contribution in [0.3, 0.4) is 0 Å². The summed E-state index contributed by atoms with van der Waals surface area (Å²) in [5.41, 5.74) is -1.16. The number of halogens is 1. The van der Waals surface area contributed by atoms with Gasteiger partial charge in [-0.05, 0) is 46.0 Å². The molecule has 36 heavy (non-hydrogen) atoms. The van der Waals surface area contributed by atoms with E-state index in [-0.39, 0.29) is 35.9 Å². The van der Waals surface area contributed by atoms with Crippen LogP contribution in [0.5, 0.6) is 0 Å². The first-order valence-corrected chi connectivity index (χ1v) is 14.0. The smallest absolute Gasteiger partial charge is 0.312 e. The highest BCUT2D eigenvalue weighted by molar-refractivity contribution is 9.09. The van der Waals surface area contributed by atoms with Gasteiger partial charge in [-0.2, -0.15) is 0 Å². The van der Waals surface area contributed by atoms with Gasteiger partial charge in [0.1, 0.15) is 11.6 Å². The summed E-state index contributed by atoms with van der Waals surface area (Å²) in [6.45, 7) is 13.6. The van der Waals surface area contributed by atoms with Crippen molar-refractivity contribution in [2.45, 2.75) is 94.0 Å². The Morgan fingerprint density at radius 3 is 2.67 bits per heavy atom. The summed E-state index contributed by atoms with van der Waals surface area (Å²) in [7, 11) is 0. The fraction of sp³-hybridized carbons (Fsp3) is 0.741. The summed E-state index contributed by atoms with van der Waals surface area (Å²) in [5, 5.41) is 10.0. The van der Waals surface area contributed by atoms with Gasteiger partial charge in [-0.15, -0.1) is 13.2 Å². The zero-order valence-electron chi connectivity index (χ0n) is 21.7. The molecule has 9 heteroatoms. The minimum Gasteiger partial charge on any atom is -0.465 e. The van der Waals surface area contributed by atoms with Crippen molar-refractivity contribution < 1.29 is 29.0 Å². The highest BCUT2D eigenvalue weighted by Gasteiger charge is 2.77. The lowest BCUT2D eigenvalue weighted by molar-refractivity contribution is -0.156. The summed E-state index contributed by atoms with van der Waals surface area (Å²) >= 11 is 3.67. The van der Waals surface area contributed by atoms with E-state index in [0.29, 0.717) is 19.4 Å². The molecule has 3 aliphatic rings. The maximum Gasteiger partial charge on any atom is 0.312 e. The molecule has 0 aromatic carbocycles. The van der Waals surface area contributed by atoms with Gasteiger partial charge < -0.3 is 24.4 Å². The molecule has 2 amide bonds. The highest BCUT2D eigenvalue weighted by atomic mass is 79.9. The number of amides is 2. The SMILES string of the molecule is C=CCCCCOC(=O)[C@H]1[C@@H]2OC3(CC2Br)C(C(=O)N(CC=C)C(C)CCC)N([C@H](C)CO)C(=O)[C@H]13. The molecule has 2 bridgehead atoms. The third-order valence-electron chi connectivity index (χ3n) is 7.87. The molecule has 3 rings (SSSR count). The second-order valence-corrected chi connectivity index (χ2v) is 11.5. The van der Waals surface area contributed by atoms with Crippen LogP contribution >= 0.6 is 15.9 Å². The lowest BCUT2D eigenvalue weighted by Gasteiger charge is -2.40. The molecular weight excluding hydrogens is 528 g/mol. The summed E-state index contributed by atoms with van der Waals surface area (Å²) < 4.78 is 12.1. The Morgan fingerprint density at radius 2 is 2.06 bits per heavy atom.